The Morgan fingerprint density at radius 3 is 2.75 bits per heavy atom. The molecule has 1 N–H and O–H groups in total. The van der Waals surface area contributed by atoms with Gasteiger partial charge in [-0.3, -0.25) is 14.4 Å². The fourth-order valence-corrected chi connectivity index (χ4v) is 4.39. The first-order valence-electron chi connectivity index (χ1n) is 10.8. The lowest BCUT2D eigenvalue weighted by atomic mass is 9.95. The molecular weight excluding hydrogens is 410 g/mol. The second-order valence-corrected chi connectivity index (χ2v) is 8.04. The lowest BCUT2D eigenvalue weighted by Gasteiger charge is -2.34. The highest BCUT2D eigenvalue weighted by Crippen LogP contribution is 2.33. The van der Waals surface area contributed by atoms with E-state index in [1.165, 1.54) is 0 Å². The van der Waals surface area contributed by atoms with Crippen LogP contribution in [-0.2, 0) is 9.63 Å². The number of fused-ring (bicyclic) bond motifs is 1. The molecule has 2 aliphatic rings. The van der Waals surface area contributed by atoms with Gasteiger partial charge in [-0.15, -0.1) is 0 Å². The highest BCUT2D eigenvalue weighted by molar-refractivity contribution is 5.92. The molecule has 2 aliphatic heterocycles. The summed E-state index contributed by atoms with van der Waals surface area (Å²) in [5.74, 6) is 0.176. The summed E-state index contributed by atoms with van der Waals surface area (Å²) in [5.41, 5.74) is 2.25. The van der Waals surface area contributed by atoms with E-state index in [9.17, 15) is 9.59 Å². The maximum atomic E-state index is 13.3. The van der Waals surface area contributed by atoms with E-state index in [1.807, 2.05) is 33.8 Å². The number of amides is 2. The van der Waals surface area contributed by atoms with E-state index in [2.05, 4.69) is 20.3 Å². The van der Waals surface area contributed by atoms with Crippen LogP contribution in [0.4, 0.5) is 5.95 Å². The van der Waals surface area contributed by atoms with Crippen molar-refractivity contribution in [3.63, 3.8) is 0 Å². The van der Waals surface area contributed by atoms with E-state index in [1.54, 1.807) is 30.6 Å². The van der Waals surface area contributed by atoms with Crippen LogP contribution in [0.2, 0.25) is 0 Å². The molecule has 0 saturated carbocycles. The lowest BCUT2D eigenvalue weighted by Crippen LogP contribution is -2.42. The number of aromatic nitrogens is 4. The van der Waals surface area contributed by atoms with Crippen LogP contribution in [0.3, 0.4) is 0 Å². The summed E-state index contributed by atoms with van der Waals surface area (Å²) in [6.07, 6.45) is 9.39. The third-order valence-corrected chi connectivity index (χ3v) is 6.15. The van der Waals surface area contributed by atoms with Crippen molar-refractivity contribution in [3.8, 4) is 0 Å². The van der Waals surface area contributed by atoms with Crippen molar-refractivity contribution in [3.05, 3.63) is 54.2 Å². The number of rotatable bonds is 4. The van der Waals surface area contributed by atoms with Gasteiger partial charge in [-0.2, -0.15) is 0 Å². The molecule has 2 saturated heterocycles. The third-order valence-electron chi connectivity index (χ3n) is 6.15. The number of anilines is 1. The van der Waals surface area contributed by atoms with Gasteiger partial charge >= 0.3 is 0 Å². The molecule has 3 aromatic heterocycles. The summed E-state index contributed by atoms with van der Waals surface area (Å²) < 4.78 is 1.96. The molecule has 3 aromatic rings. The van der Waals surface area contributed by atoms with Crippen molar-refractivity contribution < 1.29 is 14.4 Å². The number of carbonyl (C=O) groups is 2. The Balaban J connectivity index is 1.25. The topological polar surface area (TPSA) is 105 Å². The number of hydrogen-bond acceptors (Lipinski definition) is 7. The van der Waals surface area contributed by atoms with Crippen LogP contribution >= 0.6 is 0 Å². The number of nitrogens with zero attached hydrogens (tertiary/aromatic N) is 6. The smallest absolute Gasteiger partial charge is 0.269 e. The van der Waals surface area contributed by atoms with Gasteiger partial charge in [-0.05, 0) is 30.5 Å². The Morgan fingerprint density at radius 2 is 1.94 bits per heavy atom. The molecule has 2 amide bonds. The molecule has 5 heterocycles. The van der Waals surface area contributed by atoms with Gasteiger partial charge in [-0.25, -0.2) is 20.0 Å². The lowest BCUT2D eigenvalue weighted by molar-refractivity contribution is -0.182. The Hall–Kier alpha value is -3.53. The van der Waals surface area contributed by atoms with Crippen LogP contribution in [0.1, 0.15) is 41.4 Å². The molecule has 0 aromatic carbocycles. The second-order valence-electron chi connectivity index (χ2n) is 8.04. The van der Waals surface area contributed by atoms with E-state index >= 15 is 0 Å². The average molecular weight is 435 g/mol. The number of hydrogen-bond donors (Lipinski definition) is 1. The molecule has 0 bridgehead atoms. The molecule has 10 nitrogen and oxygen atoms in total. The van der Waals surface area contributed by atoms with Crippen molar-refractivity contribution in [2.45, 2.75) is 25.3 Å². The molecule has 2 fully saturated rings. The van der Waals surface area contributed by atoms with Gasteiger partial charge in [0.1, 0.15) is 11.3 Å². The minimum atomic E-state index is -0.246. The van der Waals surface area contributed by atoms with Crippen LogP contribution < -0.4 is 10.2 Å². The number of carbonyl (C=O) groups excluding carboxylic acids is 2. The quantitative estimate of drug-likeness (QED) is 0.664. The van der Waals surface area contributed by atoms with Crippen LogP contribution in [0.25, 0.3) is 5.65 Å². The highest BCUT2D eigenvalue weighted by Gasteiger charge is 2.37. The molecule has 1 atom stereocenters. The van der Waals surface area contributed by atoms with Gasteiger partial charge in [0.25, 0.3) is 5.91 Å². The van der Waals surface area contributed by atoms with Crippen molar-refractivity contribution >= 4 is 23.4 Å². The van der Waals surface area contributed by atoms with Crippen molar-refractivity contribution in [2.75, 3.05) is 31.6 Å². The average Bonchev–Trinajstić information content (AvgIpc) is 3.52. The zero-order valence-corrected chi connectivity index (χ0v) is 17.8. The van der Waals surface area contributed by atoms with Crippen LogP contribution in [0, 0.1) is 5.92 Å². The largest absolute Gasteiger partial charge is 0.354 e. The molecular formula is C22H25N7O3. The minimum Gasteiger partial charge on any atom is -0.354 e. The van der Waals surface area contributed by atoms with E-state index in [0.717, 1.165) is 17.6 Å². The van der Waals surface area contributed by atoms with Crippen molar-refractivity contribution in [2.24, 2.45) is 5.92 Å². The first kappa shape index (κ1) is 20.4. The summed E-state index contributed by atoms with van der Waals surface area (Å²) in [6, 6.07) is 5.47. The summed E-state index contributed by atoms with van der Waals surface area (Å²) in [5, 5.41) is 4.14. The Labute approximate surface area is 185 Å². The number of nitrogens with one attached hydrogen (secondary N) is 1. The fourth-order valence-electron chi connectivity index (χ4n) is 4.39. The summed E-state index contributed by atoms with van der Waals surface area (Å²) in [4.78, 5) is 45.9. The minimum absolute atomic E-state index is 0.0258. The van der Waals surface area contributed by atoms with E-state index in [-0.39, 0.29) is 23.8 Å². The van der Waals surface area contributed by atoms with Gasteiger partial charge in [-0.1, -0.05) is 6.07 Å². The molecule has 166 valence electrons. The monoisotopic (exact) mass is 435 g/mol. The van der Waals surface area contributed by atoms with E-state index < -0.39 is 0 Å². The van der Waals surface area contributed by atoms with E-state index in [4.69, 9.17) is 4.84 Å². The Kier molecular flexibility index (Phi) is 5.44. The molecule has 32 heavy (non-hydrogen) atoms. The molecule has 10 heteroatoms. The summed E-state index contributed by atoms with van der Waals surface area (Å²) >= 11 is 0. The second kappa shape index (κ2) is 8.54. The molecule has 0 spiro atoms. The van der Waals surface area contributed by atoms with Gasteiger partial charge in [0.2, 0.25) is 11.9 Å². The Morgan fingerprint density at radius 1 is 1.09 bits per heavy atom. The van der Waals surface area contributed by atoms with Gasteiger partial charge < -0.3 is 14.6 Å². The van der Waals surface area contributed by atoms with Crippen LogP contribution in [0.15, 0.2) is 43.0 Å². The first-order valence-corrected chi connectivity index (χ1v) is 10.8. The predicted octanol–water partition coefficient (Wildman–Crippen LogP) is 1.61. The highest BCUT2D eigenvalue weighted by atomic mass is 16.7. The molecule has 0 aliphatic carbocycles. The summed E-state index contributed by atoms with van der Waals surface area (Å²) in [7, 11) is 1.57. The van der Waals surface area contributed by atoms with E-state index in [0.29, 0.717) is 44.2 Å². The van der Waals surface area contributed by atoms with Gasteiger partial charge in [0.05, 0.1) is 12.6 Å². The standard InChI is InChI=1S/C22H25N7O3/c1-23-20(30)17-4-8-25-22(26-17)27-10-5-15(6-11-27)21(31)29-18(7-13-32-29)16-2-3-19-24-9-12-28(19)14-16/h2-4,8-9,12,14-15,18H,5-7,10-11,13H2,1H3,(H,23,30). The van der Waals surface area contributed by atoms with Crippen LogP contribution in [-0.4, -0.2) is 63.0 Å². The maximum Gasteiger partial charge on any atom is 0.269 e. The normalized spacial score (nSPS) is 19.5. The first-order chi connectivity index (χ1) is 15.6. The summed E-state index contributed by atoms with van der Waals surface area (Å²) in [6.45, 7) is 1.82. The maximum absolute atomic E-state index is 13.3. The van der Waals surface area contributed by atoms with Gasteiger partial charge in [0.15, 0.2) is 0 Å². The molecule has 0 radical (unpaired) electrons. The Bertz CT molecular complexity index is 1140. The molecule has 5 rings (SSSR count). The third kappa shape index (κ3) is 3.77. The van der Waals surface area contributed by atoms with Crippen molar-refractivity contribution in [1.82, 2.24) is 29.7 Å². The zero-order valence-electron chi connectivity index (χ0n) is 17.8. The van der Waals surface area contributed by atoms with Crippen LogP contribution in [0.5, 0.6) is 0 Å². The van der Waals surface area contributed by atoms with Crippen molar-refractivity contribution in [1.29, 1.82) is 0 Å². The zero-order chi connectivity index (χ0) is 22.1. The fraction of sp³-hybridized carbons (Fsp3) is 0.409. The van der Waals surface area contributed by atoms with Gasteiger partial charge in [0, 0.05) is 57.3 Å². The molecule has 1 unspecified atom stereocenters. The number of hydroxylamine groups is 2. The number of imidazole rings is 1. The predicted molar refractivity (Wildman–Crippen MR) is 116 cm³/mol. The number of pyridine rings is 1. The number of piperidine rings is 1. The SMILES string of the molecule is CNC(=O)c1ccnc(N2CCC(C(=O)N3OCCC3c3ccc4nccn4c3)CC2)n1.